The van der Waals surface area contributed by atoms with Crippen LogP contribution in [0.3, 0.4) is 0 Å². The van der Waals surface area contributed by atoms with E-state index in [0.717, 1.165) is 18.5 Å². The lowest BCUT2D eigenvalue weighted by atomic mass is 10.1. The molecule has 0 radical (unpaired) electrons. The Labute approximate surface area is 89.2 Å². The Balaban J connectivity index is 2.05. The van der Waals surface area contributed by atoms with Gasteiger partial charge in [0.1, 0.15) is 0 Å². The van der Waals surface area contributed by atoms with Crippen LogP contribution in [0.2, 0.25) is 0 Å². The van der Waals surface area contributed by atoms with E-state index in [9.17, 15) is 4.79 Å². The third-order valence-electron chi connectivity index (χ3n) is 2.51. The van der Waals surface area contributed by atoms with Crippen LogP contribution in [0.25, 0.3) is 0 Å². The smallest absolute Gasteiger partial charge is 0.248 e. The molecular formula is C12H14N2O. The first-order chi connectivity index (χ1) is 7.25. The number of carbonyl (C=O) groups is 1. The lowest BCUT2D eigenvalue weighted by Gasteiger charge is -2.25. The first kappa shape index (κ1) is 9.77. The van der Waals surface area contributed by atoms with E-state index >= 15 is 0 Å². The molecule has 2 rings (SSSR count). The van der Waals surface area contributed by atoms with Gasteiger partial charge in [-0.3, -0.25) is 4.79 Å². The standard InChI is InChI=1S/C12H14N2O/c13-11-6-7-14(12(15)8-11)9-10-4-2-1-3-5-10/h1-5,8H,6-7,9,13H2. The fraction of sp³-hybridized carbons (Fsp3) is 0.250. The molecule has 0 saturated heterocycles. The van der Waals surface area contributed by atoms with E-state index < -0.39 is 0 Å². The molecule has 15 heavy (non-hydrogen) atoms. The summed E-state index contributed by atoms with van der Waals surface area (Å²) >= 11 is 0. The second-order valence-corrected chi connectivity index (χ2v) is 3.71. The minimum Gasteiger partial charge on any atom is -0.402 e. The van der Waals surface area contributed by atoms with Crippen molar-refractivity contribution in [3.05, 3.63) is 47.7 Å². The van der Waals surface area contributed by atoms with E-state index in [1.807, 2.05) is 35.2 Å². The van der Waals surface area contributed by atoms with Gasteiger partial charge >= 0.3 is 0 Å². The van der Waals surface area contributed by atoms with Crippen molar-refractivity contribution in [3.63, 3.8) is 0 Å². The number of amides is 1. The van der Waals surface area contributed by atoms with Gasteiger partial charge in [-0.2, -0.15) is 0 Å². The van der Waals surface area contributed by atoms with Gasteiger partial charge in [0.05, 0.1) is 0 Å². The molecule has 3 nitrogen and oxygen atoms in total. The fourth-order valence-corrected chi connectivity index (χ4v) is 1.66. The predicted octanol–water partition coefficient (Wildman–Crippen LogP) is 1.26. The molecule has 1 aliphatic rings. The van der Waals surface area contributed by atoms with Crippen LogP contribution in [0.1, 0.15) is 12.0 Å². The maximum Gasteiger partial charge on any atom is 0.248 e. The van der Waals surface area contributed by atoms with Crippen LogP contribution in [0, 0.1) is 0 Å². The van der Waals surface area contributed by atoms with Gasteiger partial charge in [0.25, 0.3) is 0 Å². The number of nitrogens with two attached hydrogens (primary N) is 1. The highest BCUT2D eigenvalue weighted by atomic mass is 16.2. The average molecular weight is 202 g/mol. The molecule has 1 aromatic rings. The summed E-state index contributed by atoms with van der Waals surface area (Å²) in [5.41, 5.74) is 7.43. The molecule has 0 bridgehead atoms. The number of nitrogens with zero attached hydrogens (tertiary/aromatic N) is 1. The van der Waals surface area contributed by atoms with Crippen LogP contribution in [0.15, 0.2) is 42.1 Å². The SMILES string of the molecule is NC1=CC(=O)N(Cc2ccccc2)CC1. The summed E-state index contributed by atoms with van der Waals surface area (Å²) < 4.78 is 0. The fourth-order valence-electron chi connectivity index (χ4n) is 1.66. The molecule has 0 saturated carbocycles. The first-order valence-electron chi connectivity index (χ1n) is 5.04. The monoisotopic (exact) mass is 202 g/mol. The highest BCUT2D eigenvalue weighted by Crippen LogP contribution is 2.11. The van der Waals surface area contributed by atoms with E-state index in [0.29, 0.717) is 12.2 Å². The Morgan fingerprint density at radius 1 is 1.27 bits per heavy atom. The number of benzene rings is 1. The lowest BCUT2D eigenvalue weighted by Crippen LogP contribution is -2.34. The number of rotatable bonds is 2. The molecule has 78 valence electrons. The minimum absolute atomic E-state index is 0.0163. The van der Waals surface area contributed by atoms with E-state index in [-0.39, 0.29) is 5.91 Å². The summed E-state index contributed by atoms with van der Waals surface area (Å²) in [6, 6.07) is 9.98. The number of hydrogen-bond donors (Lipinski definition) is 1. The molecule has 1 aliphatic heterocycles. The summed E-state index contributed by atoms with van der Waals surface area (Å²) in [6.45, 7) is 1.39. The molecule has 0 fully saturated rings. The Kier molecular flexibility index (Phi) is 2.72. The Hall–Kier alpha value is -1.77. The van der Waals surface area contributed by atoms with Gasteiger partial charge in [0.15, 0.2) is 0 Å². The Morgan fingerprint density at radius 3 is 2.67 bits per heavy atom. The van der Waals surface area contributed by atoms with Crippen molar-refractivity contribution in [1.82, 2.24) is 4.90 Å². The lowest BCUT2D eigenvalue weighted by molar-refractivity contribution is -0.127. The van der Waals surface area contributed by atoms with Gasteiger partial charge in [0, 0.05) is 31.3 Å². The summed E-state index contributed by atoms with van der Waals surface area (Å²) in [5, 5.41) is 0. The summed E-state index contributed by atoms with van der Waals surface area (Å²) in [6.07, 6.45) is 2.30. The molecule has 0 aliphatic carbocycles. The Morgan fingerprint density at radius 2 is 2.00 bits per heavy atom. The van der Waals surface area contributed by atoms with Crippen LogP contribution in [0.5, 0.6) is 0 Å². The molecule has 2 N–H and O–H groups in total. The molecule has 1 amide bonds. The predicted molar refractivity (Wildman–Crippen MR) is 58.7 cm³/mol. The van der Waals surface area contributed by atoms with Crippen molar-refractivity contribution in [2.75, 3.05) is 6.54 Å². The maximum atomic E-state index is 11.6. The summed E-state index contributed by atoms with van der Waals surface area (Å²) in [4.78, 5) is 13.4. The Bertz CT molecular complexity index is 384. The highest BCUT2D eigenvalue weighted by Gasteiger charge is 2.16. The van der Waals surface area contributed by atoms with Crippen LogP contribution in [-0.4, -0.2) is 17.4 Å². The molecule has 0 atom stereocenters. The third-order valence-corrected chi connectivity index (χ3v) is 2.51. The van der Waals surface area contributed by atoms with Gasteiger partial charge in [-0.15, -0.1) is 0 Å². The molecule has 1 heterocycles. The zero-order valence-corrected chi connectivity index (χ0v) is 8.52. The zero-order chi connectivity index (χ0) is 10.7. The topological polar surface area (TPSA) is 46.3 Å². The second kappa shape index (κ2) is 4.17. The van der Waals surface area contributed by atoms with Gasteiger partial charge in [-0.25, -0.2) is 0 Å². The number of hydrogen-bond acceptors (Lipinski definition) is 2. The summed E-state index contributed by atoms with van der Waals surface area (Å²) in [7, 11) is 0. The van der Waals surface area contributed by atoms with Crippen molar-refractivity contribution >= 4 is 5.91 Å². The van der Waals surface area contributed by atoms with Crippen LogP contribution in [-0.2, 0) is 11.3 Å². The molecule has 0 aromatic heterocycles. The second-order valence-electron chi connectivity index (χ2n) is 3.71. The molecule has 1 aromatic carbocycles. The summed E-state index contributed by atoms with van der Waals surface area (Å²) in [5.74, 6) is 0.0163. The van der Waals surface area contributed by atoms with Crippen LogP contribution >= 0.6 is 0 Å². The average Bonchev–Trinajstić information content (AvgIpc) is 2.24. The van der Waals surface area contributed by atoms with Gasteiger partial charge < -0.3 is 10.6 Å². The molecule has 0 unspecified atom stereocenters. The van der Waals surface area contributed by atoms with Crippen molar-refractivity contribution in [2.24, 2.45) is 5.73 Å². The van der Waals surface area contributed by atoms with Crippen molar-refractivity contribution in [1.29, 1.82) is 0 Å². The van der Waals surface area contributed by atoms with Gasteiger partial charge in [-0.1, -0.05) is 30.3 Å². The molecular weight excluding hydrogens is 188 g/mol. The molecule has 3 heteroatoms. The largest absolute Gasteiger partial charge is 0.402 e. The first-order valence-corrected chi connectivity index (χ1v) is 5.04. The third kappa shape index (κ3) is 2.37. The van der Waals surface area contributed by atoms with Gasteiger partial charge in [0.2, 0.25) is 5.91 Å². The molecule has 0 spiro atoms. The van der Waals surface area contributed by atoms with Crippen LogP contribution in [0.4, 0.5) is 0 Å². The zero-order valence-electron chi connectivity index (χ0n) is 8.52. The number of carbonyl (C=O) groups excluding carboxylic acids is 1. The van der Waals surface area contributed by atoms with E-state index in [1.165, 1.54) is 6.08 Å². The van der Waals surface area contributed by atoms with Crippen molar-refractivity contribution in [3.8, 4) is 0 Å². The normalized spacial score (nSPS) is 16.4. The van der Waals surface area contributed by atoms with Crippen molar-refractivity contribution in [2.45, 2.75) is 13.0 Å². The van der Waals surface area contributed by atoms with Gasteiger partial charge in [-0.05, 0) is 5.56 Å². The maximum absolute atomic E-state index is 11.6. The highest BCUT2D eigenvalue weighted by molar-refractivity contribution is 5.89. The van der Waals surface area contributed by atoms with Crippen LogP contribution < -0.4 is 5.73 Å². The van der Waals surface area contributed by atoms with E-state index in [1.54, 1.807) is 0 Å². The minimum atomic E-state index is 0.0163. The quantitative estimate of drug-likeness (QED) is 0.784. The van der Waals surface area contributed by atoms with E-state index in [4.69, 9.17) is 5.73 Å². The van der Waals surface area contributed by atoms with E-state index in [2.05, 4.69) is 0 Å². The van der Waals surface area contributed by atoms with Crippen molar-refractivity contribution < 1.29 is 4.79 Å².